The Bertz CT molecular complexity index is 750. The summed E-state index contributed by atoms with van der Waals surface area (Å²) in [5.74, 6) is 0.921. The average molecular weight is 370 g/mol. The van der Waals surface area contributed by atoms with E-state index in [1.165, 1.54) is 0 Å². The van der Waals surface area contributed by atoms with Crippen LogP contribution in [0.1, 0.15) is 29.3 Å². The third-order valence-corrected chi connectivity index (χ3v) is 4.44. The fourth-order valence-electron chi connectivity index (χ4n) is 2.72. The van der Waals surface area contributed by atoms with E-state index in [-0.39, 0.29) is 11.4 Å². The average Bonchev–Trinajstić information content (AvgIpc) is 2.65. The number of hydrogen-bond acceptors (Lipinski definition) is 5. The van der Waals surface area contributed by atoms with E-state index in [9.17, 15) is 4.79 Å². The fraction of sp³-hybridized carbons (Fsp3) is 0.409. The van der Waals surface area contributed by atoms with Crippen LogP contribution >= 0.6 is 0 Å². The molecule has 0 saturated carbocycles. The number of aryl methyl sites for hydroxylation is 1. The number of benzene rings is 2. The fourth-order valence-corrected chi connectivity index (χ4v) is 2.72. The first kappa shape index (κ1) is 19.4. The van der Waals surface area contributed by atoms with Gasteiger partial charge in [-0.25, -0.2) is 4.79 Å². The number of carbonyl (C=O) groups is 1. The second-order valence-electron chi connectivity index (χ2n) is 7.24. The van der Waals surface area contributed by atoms with Crippen molar-refractivity contribution in [2.45, 2.75) is 20.3 Å². The first-order valence-electron chi connectivity index (χ1n) is 9.22. The quantitative estimate of drug-likeness (QED) is 0.379. The van der Waals surface area contributed by atoms with Crippen LogP contribution in [-0.4, -0.2) is 39.0 Å². The number of ether oxygens (including phenoxy) is 4. The predicted molar refractivity (Wildman–Crippen MR) is 102 cm³/mol. The lowest BCUT2D eigenvalue weighted by Gasteiger charge is -2.37. The normalized spacial score (nSPS) is 15.0. The highest BCUT2D eigenvalue weighted by Crippen LogP contribution is 2.26. The van der Waals surface area contributed by atoms with Crippen LogP contribution in [0.25, 0.3) is 0 Å². The van der Waals surface area contributed by atoms with Gasteiger partial charge in [0.05, 0.1) is 32.0 Å². The Morgan fingerprint density at radius 2 is 1.81 bits per heavy atom. The van der Waals surface area contributed by atoms with Crippen molar-refractivity contribution in [2.24, 2.45) is 5.41 Å². The molecule has 5 heteroatoms. The molecule has 0 spiro atoms. The molecule has 1 saturated heterocycles. The maximum atomic E-state index is 12.2. The summed E-state index contributed by atoms with van der Waals surface area (Å²) < 4.78 is 22.0. The molecule has 1 aliphatic rings. The summed E-state index contributed by atoms with van der Waals surface area (Å²) in [6, 6.07) is 14.4. The van der Waals surface area contributed by atoms with Gasteiger partial charge in [0, 0.05) is 18.4 Å². The van der Waals surface area contributed by atoms with Crippen molar-refractivity contribution in [2.75, 3.05) is 33.0 Å². The molecule has 0 aromatic heterocycles. The Morgan fingerprint density at radius 1 is 1.07 bits per heavy atom. The van der Waals surface area contributed by atoms with E-state index >= 15 is 0 Å². The Morgan fingerprint density at radius 3 is 2.48 bits per heavy atom. The van der Waals surface area contributed by atoms with Crippen molar-refractivity contribution >= 4 is 5.97 Å². The van der Waals surface area contributed by atoms with E-state index in [1.807, 2.05) is 25.1 Å². The minimum absolute atomic E-state index is 0.184. The van der Waals surface area contributed by atoms with Crippen LogP contribution in [0.15, 0.2) is 48.5 Å². The van der Waals surface area contributed by atoms with Crippen molar-refractivity contribution in [1.29, 1.82) is 0 Å². The van der Waals surface area contributed by atoms with Crippen LogP contribution in [0, 0.1) is 12.3 Å². The van der Waals surface area contributed by atoms with Crippen molar-refractivity contribution in [1.82, 2.24) is 0 Å². The van der Waals surface area contributed by atoms with Crippen molar-refractivity contribution in [3.63, 3.8) is 0 Å². The van der Waals surface area contributed by atoms with Gasteiger partial charge in [-0.15, -0.1) is 0 Å². The zero-order valence-electron chi connectivity index (χ0n) is 15.9. The summed E-state index contributed by atoms with van der Waals surface area (Å²) >= 11 is 0. The molecule has 1 heterocycles. The maximum absolute atomic E-state index is 12.2. The van der Waals surface area contributed by atoms with E-state index in [0.717, 1.165) is 37.6 Å². The summed E-state index contributed by atoms with van der Waals surface area (Å²) in [6.45, 7) is 7.59. The molecule has 0 N–H and O–H groups in total. The Hall–Kier alpha value is -2.37. The molecule has 1 fully saturated rings. The highest BCUT2D eigenvalue weighted by Gasteiger charge is 2.33. The van der Waals surface area contributed by atoms with Gasteiger partial charge >= 0.3 is 5.97 Å². The van der Waals surface area contributed by atoms with Gasteiger partial charge in [-0.1, -0.05) is 25.1 Å². The lowest BCUT2D eigenvalue weighted by atomic mass is 9.90. The monoisotopic (exact) mass is 370 g/mol. The number of hydrogen-bond donors (Lipinski definition) is 0. The van der Waals surface area contributed by atoms with Crippen LogP contribution in [0.3, 0.4) is 0 Å². The van der Waals surface area contributed by atoms with Gasteiger partial charge in [-0.05, 0) is 42.8 Å². The molecule has 5 nitrogen and oxygen atoms in total. The molecule has 2 aromatic rings. The summed E-state index contributed by atoms with van der Waals surface area (Å²) in [4.78, 5) is 12.2. The van der Waals surface area contributed by atoms with Crippen LogP contribution in [0.4, 0.5) is 0 Å². The van der Waals surface area contributed by atoms with E-state index in [0.29, 0.717) is 24.5 Å². The topological polar surface area (TPSA) is 54.0 Å². The molecular formula is C22H26O5. The van der Waals surface area contributed by atoms with Crippen molar-refractivity contribution < 1.29 is 23.7 Å². The van der Waals surface area contributed by atoms with E-state index < -0.39 is 0 Å². The van der Waals surface area contributed by atoms with E-state index in [4.69, 9.17) is 18.9 Å². The molecule has 3 rings (SSSR count). The lowest BCUT2D eigenvalue weighted by Crippen LogP contribution is -2.43. The molecule has 27 heavy (non-hydrogen) atoms. The molecule has 0 bridgehead atoms. The molecule has 2 aromatic carbocycles. The highest BCUT2D eigenvalue weighted by atomic mass is 16.5. The van der Waals surface area contributed by atoms with Crippen LogP contribution in [-0.2, 0) is 9.47 Å². The Balaban J connectivity index is 1.38. The summed E-state index contributed by atoms with van der Waals surface area (Å²) in [5.41, 5.74) is 1.60. The summed E-state index contributed by atoms with van der Waals surface area (Å²) in [7, 11) is 0. The molecule has 0 atom stereocenters. The zero-order valence-corrected chi connectivity index (χ0v) is 15.9. The first-order valence-corrected chi connectivity index (χ1v) is 9.22. The molecule has 1 aliphatic heterocycles. The smallest absolute Gasteiger partial charge is 0.343 e. The Kier molecular flexibility index (Phi) is 6.48. The minimum Gasteiger partial charge on any atom is -0.494 e. The number of esters is 1. The highest BCUT2D eigenvalue weighted by molar-refractivity contribution is 5.91. The van der Waals surface area contributed by atoms with Gasteiger partial charge in [0.2, 0.25) is 0 Å². The summed E-state index contributed by atoms with van der Waals surface area (Å²) in [6.07, 6.45) is 0.814. The third kappa shape index (κ3) is 5.55. The van der Waals surface area contributed by atoms with Gasteiger partial charge in [-0.3, -0.25) is 0 Å². The number of carbonyl (C=O) groups excluding carboxylic acids is 1. The second kappa shape index (κ2) is 9.02. The summed E-state index contributed by atoms with van der Waals surface area (Å²) in [5, 5.41) is 0. The second-order valence-corrected chi connectivity index (χ2v) is 7.24. The molecule has 0 aliphatic carbocycles. The van der Waals surface area contributed by atoms with Crippen LogP contribution in [0.2, 0.25) is 0 Å². The Labute approximate surface area is 160 Å². The molecule has 0 unspecified atom stereocenters. The van der Waals surface area contributed by atoms with E-state index in [1.54, 1.807) is 30.3 Å². The zero-order chi connectivity index (χ0) is 19.1. The predicted octanol–water partition coefficient (Wildman–Crippen LogP) is 4.04. The largest absolute Gasteiger partial charge is 0.494 e. The lowest BCUT2D eigenvalue weighted by molar-refractivity contribution is -0.138. The van der Waals surface area contributed by atoms with E-state index in [2.05, 4.69) is 6.92 Å². The first-order chi connectivity index (χ1) is 13.1. The molecule has 144 valence electrons. The third-order valence-electron chi connectivity index (χ3n) is 4.44. The van der Waals surface area contributed by atoms with Crippen LogP contribution < -0.4 is 9.47 Å². The molecule has 0 radical (unpaired) electrons. The number of rotatable bonds is 9. The van der Waals surface area contributed by atoms with Crippen molar-refractivity contribution in [3.8, 4) is 11.5 Å². The van der Waals surface area contributed by atoms with Gasteiger partial charge in [0.15, 0.2) is 0 Å². The van der Waals surface area contributed by atoms with Gasteiger partial charge < -0.3 is 18.9 Å². The van der Waals surface area contributed by atoms with Crippen molar-refractivity contribution in [3.05, 3.63) is 59.7 Å². The van der Waals surface area contributed by atoms with Gasteiger partial charge in [-0.2, -0.15) is 0 Å². The molecule has 0 amide bonds. The van der Waals surface area contributed by atoms with Crippen LogP contribution in [0.5, 0.6) is 11.5 Å². The standard InChI is InChI=1S/C22H26O5/c1-17-6-3-4-7-20(17)27-21(23)18-8-10-19(11-9-18)26-13-5-12-24-14-22(2)15-25-16-22/h3-4,6-11H,5,12-16H2,1-2H3. The molecular weight excluding hydrogens is 344 g/mol. The maximum Gasteiger partial charge on any atom is 0.343 e. The van der Waals surface area contributed by atoms with Gasteiger partial charge in [0.25, 0.3) is 0 Å². The van der Waals surface area contributed by atoms with Gasteiger partial charge in [0.1, 0.15) is 11.5 Å². The SMILES string of the molecule is Cc1ccccc1OC(=O)c1ccc(OCCCOCC2(C)COC2)cc1. The minimum atomic E-state index is -0.377. The number of para-hydroxylation sites is 1.